The van der Waals surface area contributed by atoms with Crippen LogP contribution >= 0.6 is 0 Å². The number of allylic oxidation sites excluding steroid dienone is 1. The molecule has 1 aliphatic rings. The number of hydrogen-bond acceptors (Lipinski definition) is 3. The molecule has 0 amide bonds. The van der Waals surface area contributed by atoms with E-state index in [1.54, 1.807) is 10.8 Å². The maximum absolute atomic E-state index is 12.5. The molecule has 4 heteroatoms. The molecule has 1 fully saturated rings. The zero-order chi connectivity index (χ0) is 18.5. The lowest BCUT2D eigenvalue weighted by atomic mass is 10.0. The normalized spacial score (nSPS) is 15.6. The minimum atomic E-state index is 0.0333. The summed E-state index contributed by atoms with van der Waals surface area (Å²) in [6.45, 7) is 6.46. The molecule has 26 heavy (non-hydrogen) atoms. The quantitative estimate of drug-likeness (QED) is 0.572. The van der Waals surface area contributed by atoms with Gasteiger partial charge in [-0.3, -0.25) is 9.48 Å². The lowest BCUT2D eigenvalue weighted by molar-refractivity contribution is 0.104. The Morgan fingerprint density at radius 1 is 1.08 bits per heavy atom. The third kappa shape index (κ3) is 4.43. The van der Waals surface area contributed by atoms with E-state index >= 15 is 0 Å². The van der Waals surface area contributed by atoms with Crippen LogP contribution in [0, 0.1) is 0 Å². The number of aryl methyl sites for hydroxylation is 1. The van der Waals surface area contributed by atoms with Crippen molar-refractivity contribution in [2.75, 3.05) is 18.0 Å². The fraction of sp³-hybridized carbons (Fsp3) is 0.455. The van der Waals surface area contributed by atoms with Crippen LogP contribution in [0.15, 0.2) is 36.5 Å². The molecule has 1 aromatic heterocycles. The summed E-state index contributed by atoms with van der Waals surface area (Å²) in [7, 11) is 1.91. The molecule has 0 atom stereocenters. The fourth-order valence-electron chi connectivity index (χ4n) is 3.53. The standard InChI is InChI=1S/C22H29N3O/c1-17(2)22-19(16-24(3)23-22)10-13-21(26)18-8-11-20(12-9-18)25-14-6-4-5-7-15-25/h8-13,16-17H,4-7,14-15H2,1-3H3/b13-10+. The smallest absolute Gasteiger partial charge is 0.185 e. The number of aromatic nitrogens is 2. The summed E-state index contributed by atoms with van der Waals surface area (Å²) in [5, 5.41) is 4.48. The number of hydrogen-bond donors (Lipinski definition) is 0. The van der Waals surface area contributed by atoms with E-state index in [4.69, 9.17) is 0 Å². The Morgan fingerprint density at radius 3 is 2.35 bits per heavy atom. The van der Waals surface area contributed by atoms with E-state index in [9.17, 15) is 4.79 Å². The number of carbonyl (C=O) groups excluding carboxylic acids is 1. The summed E-state index contributed by atoms with van der Waals surface area (Å²) in [6.07, 6.45) is 10.7. The molecular formula is C22H29N3O. The Balaban J connectivity index is 1.70. The molecule has 2 heterocycles. The van der Waals surface area contributed by atoms with E-state index in [2.05, 4.69) is 36.0 Å². The third-order valence-electron chi connectivity index (χ3n) is 4.97. The van der Waals surface area contributed by atoms with Crippen molar-refractivity contribution in [2.45, 2.75) is 45.4 Å². The lowest BCUT2D eigenvalue weighted by Gasteiger charge is -2.22. The fourth-order valence-corrected chi connectivity index (χ4v) is 3.53. The zero-order valence-corrected chi connectivity index (χ0v) is 16.1. The van der Waals surface area contributed by atoms with Crippen LogP contribution in [0.5, 0.6) is 0 Å². The molecule has 1 aliphatic heterocycles. The van der Waals surface area contributed by atoms with Crippen LogP contribution < -0.4 is 4.90 Å². The molecule has 138 valence electrons. The number of nitrogens with zero attached hydrogens (tertiary/aromatic N) is 3. The van der Waals surface area contributed by atoms with Gasteiger partial charge in [-0.1, -0.05) is 26.7 Å². The van der Waals surface area contributed by atoms with Gasteiger partial charge in [0.25, 0.3) is 0 Å². The van der Waals surface area contributed by atoms with Gasteiger partial charge >= 0.3 is 0 Å². The van der Waals surface area contributed by atoms with E-state index in [1.807, 2.05) is 31.5 Å². The summed E-state index contributed by atoms with van der Waals surface area (Å²) < 4.78 is 1.80. The van der Waals surface area contributed by atoms with Crippen molar-refractivity contribution in [3.63, 3.8) is 0 Å². The number of anilines is 1. The van der Waals surface area contributed by atoms with Gasteiger partial charge in [0.05, 0.1) is 5.69 Å². The highest BCUT2D eigenvalue weighted by molar-refractivity contribution is 6.07. The van der Waals surface area contributed by atoms with E-state index in [1.165, 1.54) is 31.4 Å². The van der Waals surface area contributed by atoms with Crippen LogP contribution in [-0.4, -0.2) is 28.7 Å². The molecule has 0 saturated carbocycles. The number of rotatable bonds is 5. The first-order valence-corrected chi connectivity index (χ1v) is 9.65. The van der Waals surface area contributed by atoms with Crippen LogP contribution in [0.25, 0.3) is 6.08 Å². The van der Waals surface area contributed by atoms with Crippen molar-refractivity contribution < 1.29 is 4.79 Å². The van der Waals surface area contributed by atoms with Crippen LogP contribution in [0.4, 0.5) is 5.69 Å². The molecular weight excluding hydrogens is 322 g/mol. The van der Waals surface area contributed by atoms with Gasteiger partial charge in [-0.2, -0.15) is 5.10 Å². The summed E-state index contributed by atoms with van der Waals surface area (Å²) in [5.74, 6) is 0.366. The Hall–Kier alpha value is -2.36. The van der Waals surface area contributed by atoms with E-state index < -0.39 is 0 Å². The first-order chi connectivity index (χ1) is 12.5. The zero-order valence-electron chi connectivity index (χ0n) is 16.1. The maximum Gasteiger partial charge on any atom is 0.185 e. The minimum absolute atomic E-state index is 0.0333. The molecule has 1 aromatic carbocycles. The van der Waals surface area contributed by atoms with Gasteiger partial charge < -0.3 is 4.90 Å². The SMILES string of the molecule is CC(C)c1nn(C)cc1/C=C/C(=O)c1ccc(N2CCCCCC2)cc1. The van der Waals surface area contributed by atoms with Crippen molar-refractivity contribution in [1.82, 2.24) is 9.78 Å². The average molecular weight is 351 g/mol. The molecule has 0 bridgehead atoms. The van der Waals surface area contributed by atoms with Gasteiger partial charge in [-0.25, -0.2) is 0 Å². The first kappa shape index (κ1) is 18.4. The Kier molecular flexibility index (Phi) is 5.92. The van der Waals surface area contributed by atoms with Gasteiger partial charge in [0.15, 0.2) is 5.78 Å². The molecule has 2 aromatic rings. The minimum Gasteiger partial charge on any atom is -0.372 e. The summed E-state index contributed by atoms with van der Waals surface area (Å²) >= 11 is 0. The maximum atomic E-state index is 12.5. The molecule has 4 nitrogen and oxygen atoms in total. The predicted octanol–water partition coefficient (Wildman–Crippen LogP) is 4.82. The first-order valence-electron chi connectivity index (χ1n) is 9.65. The molecule has 1 saturated heterocycles. The number of ketones is 1. The van der Waals surface area contributed by atoms with Gasteiger partial charge in [-0.05, 0) is 55.2 Å². The van der Waals surface area contributed by atoms with E-state index in [-0.39, 0.29) is 5.78 Å². The topological polar surface area (TPSA) is 38.1 Å². The molecule has 3 rings (SSSR count). The second-order valence-corrected chi connectivity index (χ2v) is 7.44. The number of carbonyl (C=O) groups is 1. The predicted molar refractivity (Wildman–Crippen MR) is 108 cm³/mol. The van der Waals surface area contributed by atoms with Gasteiger partial charge in [0.2, 0.25) is 0 Å². The summed E-state index contributed by atoms with van der Waals surface area (Å²) in [5.41, 5.74) is 3.99. The Labute approximate surface area is 156 Å². The van der Waals surface area contributed by atoms with Crippen molar-refractivity contribution in [3.05, 3.63) is 53.4 Å². The Morgan fingerprint density at radius 2 is 1.73 bits per heavy atom. The van der Waals surface area contributed by atoms with E-state index in [0.717, 1.165) is 29.9 Å². The number of benzene rings is 1. The summed E-state index contributed by atoms with van der Waals surface area (Å²) in [4.78, 5) is 15.0. The van der Waals surface area contributed by atoms with Gasteiger partial charge in [-0.15, -0.1) is 0 Å². The van der Waals surface area contributed by atoms with E-state index in [0.29, 0.717) is 5.92 Å². The third-order valence-corrected chi connectivity index (χ3v) is 4.97. The van der Waals surface area contributed by atoms with Crippen molar-refractivity contribution in [2.24, 2.45) is 7.05 Å². The molecule has 0 spiro atoms. The second-order valence-electron chi connectivity index (χ2n) is 7.44. The van der Waals surface area contributed by atoms with Gasteiger partial charge in [0, 0.05) is 43.1 Å². The second kappa shape index (κ2) is 8.35. The van der Waals surface area contributed by atoms with Crippen LogP contribution in [0.1, 0.15) is 67.1 Å². The van der Waals surface area contributed by atoms with Crippen molar-refractivity contribution in [3.8, 4) is 0 Å². The molecule has 0 unspecified atom stereocenters. The monoisotopic (exact) mass is 351 g/mol. The molecule has 0 N–H and O–H groups in total. The van der Waals surface area contributed by atoms with Crippen molar-refractivity contribution in [1.29, 1.82) is 0 Å². The van der Waals surface area contributed by atoms with Crippen LogP contribution in [0.3, 0.4) is 0 Å². The lowest BCUT2D eigenvalue weighted by Crippen LogP contribution is -2.23. The molecule has 0 aliphatic carbocycles. The highest BCUT2D eigenvalue weighted by atomic mass is 16.1. The van der Waals surface area contributed by atoms with Crippen LogP contribution in [0.2, 0.25) is 0 Å². The largest absolute Gasteiger partial charge is 0.372 e. The van der Waals surface area contributed by atoms with Gasteiger partial charge in [0.1, 0.15) is 0 Å². The average Bonchev–Trinajstić information content (AvgIpc) is 2.84. The highest BCUT2D eigenvalue weighted by Gasteiger charge is 2.12. The molecule has 0 radical (unpaired) electrons. The Bertz CT molecular complexity index is 763. The van der Waals surface area contributed by atoms with Crippen molar-refractivity contribution >= 4 is 17.5 Å². The van der Waals surface area contributed by atoms with Crippen LogP contribution in [-0.2, 0) is 7.05 Å². The highest BCUT2D eigenvalue weighted by Crippen LogP contribution is 2.21. The summed E-state index contributed by atoms with van der Waals surface area (Å²) in [6, 6.07) is 8.05.